The Morgan fingerprint density at radius 3 is 2.75 bits per heavy atom. The fourth-order valence-corrected chi connectivity index (χ4v) is 3.12. The van der Waals surface area contributed by atoms with Crippen LogP contribution in [0.25, 0.3) is 0 Å². The van der Waals surface area contributed by atoms with Gasteiger partial charge in [-0.2, -0.15) is 5.26 Å². The Bertz CT molecular complexity index is 312. The van der Waals surface area contributed by atoms with Crippen molar-refractivity contribution < 1.29 is 0 Å². The number of rotatable bonds is 7. The number of nitriles is 1. The van der Waals surface area contributed by atoms with Gasteiger partial charge in [0.15, 0.2) is 0 Å². The van der Waals surface area contributed by atoms with Gasteiger partial charge in [-0.15, -0.1) is 0 Å². The first kappa shape index (κ1) is 17.4. The van der Waals surface area contributed by atoms with Crippen molar-refractivity contribution in [2.24, 2.45) is 0 Å². The topological polar surface area (TPSA) is 42.3 Å². The molecule has 1 N–H and O–H groups in total. The van der Waals surface area contributed by atoms with Gasteiger partial charge < -0.3 is 4.90 Å². The molecular formula is C16H32N4. The minimum Gasteiger partial charge on any atom is -0.305 e. The molecule has 0 bridgehead atoms. The Morgan fingerprint density at radius 2 is 2.10 bits per heavy atom. The van der Waals surface area contributed by atoms with E-state index in [2.05, 4.69) is 42.1 Å². The largest absolute Gasteiger partial charge is 0.305 e. The van der Waals surface area contributed by atoms with E-state index in [0.717, 1.165) is 19.4 Å². The second kappa shape index (κ2) is 8.61. The van der Waals surface area contributed by atoms with Crippen LogP contribution in [0, 0.1) is 11.3 Å². The van der Waals surface area contributed by atoms with Crippen molar-refractivity contribution in [1.29, 1.82) is 5.26 Å². The highest BCUT2D eigenvalue weighted by molar-refractivity contribution is 5.03. The summed E-state index contributed by atoms with van der Waals surface area (Å²) in [6.07, 6.45) is 4.53. The average Bonchev–Trinajstić information content (AvgIpc) is 2.56. The van der Waals surface area contributed by atoms with E-state index in [1.807, 2.05) is 6.92 Å². The van der Waals surface area contributed by atoms with Crippen molar-refractivity contribution in [2.75, 3.05) is 39.8 Å². The maximum absolute atomic E-state index is 9.24. The quantitative estimate of drug-likeness (QED) is 0.725. The highest BCUT2D eigenvalue weighted by atomic mass is 15.2. The summed E-state index contributed by atoms with van der Waals surface area (Å²) in [5.74, 6) is 0. The SMILES string of the molecule is CCNC(C)(C#N)CCCCN1CCCN(C)CC1C. The molecule has 1 saturated heterocycles. The number of nitrogens with zero attached hydrogens (tertiary/aromatic N) is 3. The van der Waals surface area contributed by atoms with Crippen LogP contribution in [-0.2, 0) is 0 Å². The number of hydrogen-bond donors (Lipinski definition) is 1. The Labute approximate surface area is 125 Å². The highest BCUT2D eigenvalue weighted by Gasteiger charge is 2.22. The first-order valence-electron chi connectivity index (χ1n) is 8.09. The van der Waals surface area contributed by atoms with E-state index in [0.29, 0.717) is 6.04 Å². The minimum atomic E-state index is -0.348. The number of likely N-dealkylation sites (N-methyl/N-ethyl adjacent to an activating group) is 1. The number of unbranched alkanes of at least 4 members (excludes halogenated alkanes) is 1. The summed E-state index contributed by atoms with van der Waals surface area (Å²) in [6, 6.07) is 3.06. The van der Waals surface area contributed by atoms with Gasteiger partial charge >= 0.3 is 0 Å². The molecule has 1 heterocycles. The van der Waals surface area contributed by atoms with Gasteiger partial charge in [-0.05, 0) is 72.8 Å². The minimum absolute atomic E-state index is 0.348. The molecule has 0 aromatic carbocycles. The standard InChI is InChI=1S/C16H32N4/c1-5-18-16(3,14-17)9-6-7-11-20-12-8-10-19(4)13-15(20)2/h15,18H,5-13H2,1-4H3. The molecule has 20 heavy (non-hydrogen) atoms. The van der Waals surface area contributed by atoms with Crippen molar-refractivity contribution in [2.45, 2.75) is 58.0 Å². The molecule has 0 spiro atoms. The van der Waals surface area contributed by atoms with Gasteiger partial charge in [0.1, 0.15) is 5.54 Å². The lowest BCUT2D eigenvalue weighted by atomic mass is 9.96. The monoisotopic (exact) mass is 280 g/mol. The van der Waals surface area contributed by atoms with E-state index in [1.54, 1.807) is 0 Å². The maximum Gasteiger partial charge on any atom is 0.103 e. The van der Waals surface area contributed by atoms with E-state index in [4.69, 9.17) is 0 Å². The molecule has 116 valence electrons. The number of hydrogen-bond acceptors (Lipinski definition) is 4. The fourth-order valence-electron chi connectivity index (χ4n) is 3.12. The van der Waals surface area contributed by atoms with Crippen LogP contribution < -0.4 is 5.32 Å². The zero-order valence-corrected chi connectivity index (χ0v) is 13.8. The van der Waals surface area contributed by atoms with Gasteiger partial charge in [-0.1, -0.05) is 6.92 Å². The first-order valence-corrected chi connectivity index (χ1v) is 8.09. The van der Waals surface area contributed by atoms with Crippen LogP contribution in [0.15, 0.2) is 0 Å². The Balaban J connectivity index is 2.28. The van der Waals surface area contributed by atoms with E-state index < -0.39 is 0 Å². The zero-order valence-electron chi connectivity index (χ0n) is 13.8. The second-order valence-corrected chi connectivity index (χ2v) is 6.43. The third-order valence-electron chi connectivity index (χ3n) is 4.37. The van der Waals surface area contributed by atoms with Gasteiger partial charge in [0.05, 0.1) is 6.07 Å². The van der Waals surface area contributed by atoms with Crippen molar-refractivity contribution in [3.63, 3.8) is 0 Å². The van der Waals surface area contributed by atoms with Crippen molar-refractivity contribution in [3.8, 4) is 6.07 Å². The normalized spacial score (nSPS) is 24.9. The smallest absolute Gasteiger partial charge is 0.103 e. The van der Waals surface area contributed by atoms with E-state index in [-0.39, 0.29) is 5.54 Å². The fraction of sp³-hybridized carbons (Fsp3) is 0.938. The van der Waals surface area contributed by atoms with E-state index in [1.165, 1.54) is 39.0 Å². The summed E-state index contributed by atoms with van der Waals surface area (Å²) >= 11 is 0. The Kier molecular flexibility index (Phi) is 7.50. The third kappa shape index (κ3) is 5.78. The predicted octanol–water partition coefficient (Wildman–Crippen LogP) is 2.07. The van der Waals surface area contributed by atoms with Gasteiger partial charge in [0, 0.05) is 12.6 Å². The van der Waals surface area contributed by atoms with Gasteiger partial charge in [-0.25, -0.2) is 0 Å². The molecule has 0 aromatic heterocycles. The maximum atomic E-state index is 9.24. The molecule has 0 aliphatic carbocycles. The lowest BCUT2D eigenvalue weighted by molar-refractivity contribution is 0.197. The number of nitrogens with one attached hydrogen (secondary N) is 1. The predicted molar refractivity (Wildman–Crippen MR) is 84.7 cm³/mol. The molecule has 0 saturated carbocycles. The summed E-state index contributed by atoms with van der Waals surface area (Å²) < 4.78 is 0. The molecule has 0 radical (unpaired) electrons. The van der Waals surface area contributed by atoms with Crippen LogP contribution in [0.3, 0.4) is 0 Å². The average molecular weight is 280 g/mol. The molecule has 4 nitrogen and oxygen atoms in total. The van der Waals surface area contributed by atoms with Crippen molar-refractivity contribution in [1.82, 2.24) is 15.1 Å². The summed E-state index contributed by atoms with van der Waals surface area (Å²) in [5.41, 5.74) is -0.348. The molecular weight excluding hydrogens is 248 g/mol. The van der Waals surface area contributed by atoms with E-state index in [9.17, 15) is 5.26 Å². The van der Waals surface area contributed by atoms with E-state index >= 15 is 0 Å². The Morgan fingerprint density at radius 1 is 1.35 bits per heavy atom. The summed E-state index contributed by atoms with van der Waals surface area (Å²) in [6.45, 7) is 12.0. The summed E-state index contributed by atoms with van der Waals surface area (Å²) in [7, 11) is 2.22. The van der Waals surface area contributed by atoms with Crippen LogP contribution in [0.4, 0.5) is 0 Å². The first-order chi connectivity index (χ1) is 9.50. The van der Waals surface area contributed by atoms with Crippen LogP contribution in [0.2, 0.25) is 0 Å². The molecule has 2 unspecified atom stereocenters. The van der Waals surface area contributed by atoms with Crippen molar-refractivity contribution in [3.05, 3.63) is 0 Å². The molecule has 1 aliphatic heterocycles. The Hall–Kier alpha value is -0.630. The lowest BCUT2D eigenvalue weighted by Gasteiger charge is -2.28. The zero-order chi connectivity index (χ0) is 15.0. The molecule has 0 amide bonds. The summed E-state index contributed by atoms with van der Waals surface area (Å²) in [4.78, 5) is 5.04. The summed E-state index contributed by atoms with van der Waals surface area (Å²) in [5, 5.41) is 12.5. The second-order valence-electron chi connectivity index (χ2n) is 6.43. The molecule has 4 heteroatoms. The highest BCUT2D eigenvalue weighted by Crippen LogP contribution is 2.15. The molecule has 2 atom stereocenters. The van der Waals surface area contributed by atoms with Crippen molar-refractivity contribution >= 4 is 0 Å². The van der Waals surface area contributed by atoms with Crippen LogP contribution in [0.1, 0.15) is 46.5 Å². The lowest BCUT2D eigenvalue weighted by Crippen LogP contribution is -2.41. The third-order valence-corrected chi connectivity index (χ3v) is 4.37. The van der Waals surface area contributed by atoms with Crippen LogP contribution in [0.5, 0.6) is 0 Å². The molecule has 0 aromatic rings. The van der Waals surface area contributed by atoms with Gasteiger partial charge in [0.25, 0.3) is 0 Å². The van der Waals surface area contributed by atoms with Gasteiger partial charge in [-0.3, -0.25) is 10.2 Å². The molecule has 1 aliphatic rings. The van der Waals surface area contributed by atoms with Crippen LogP contribution >= 0.6 is 0 Å². The molecule has 1 rings (SSSR count). The van der Waals surface area contributed by atoms with Crippen LogP contribution in [-0.4, -0.2) is 61.2 Å². The molecule has 1 fully saturated rings. The van der Waals surface area contributed by atoms with Gasteiger partial charge in [0.2, 0.25) is 0 Å².